The van der Waals surface area contributed by atoms with Crippen LogP contribution in [0.1, 0.15) is 35.1 Å². The van der Waals surface area contributed by atoms with E-state index in [0.717, 1.165) is 10.3 Å². The number of hydrogen-bond donors (Lipinski definition) is 5. The van der Waals surface area contributed by atoms with Crippen molar-refractivity contribution < 1.29 is 14.7 Å². The van der Waals surface area contributed by atoms with Crippen molar-refractivity contribution in [1.82, 2.24) is 15.6 Å². The molecule has 0 spiro atoms. The van der Waals surface area contributed by atoms with E-state index >= 15 is 0 Å². The van der Waals surface area contributed by atoms with Gasteiger partial charge in [-0.05, 0) is 43.0 Å². The van der Waals surface area contributed by atoms with Crippen LogP contribution in [-0.2, 0) is 11.2 Å². The molecule has 9 heteroatoms. The maximum absolute atomic E-state index is 12.6. The molecule has 0 aliphatic rings. The van der Waals surface area contributed by atoms with Crippen LogP contribution in [0.25, 0.3) is 10.2 Å². The van der Waals surface area contributed by atoms with Crippen molar-refractivity contribution in [2.45, 2.75) is 32.2 Å². The zero-order valence-corrected chi connectivity index (χ0v) is 18.5. The molecule has 1 amide bonds. The third kappa shape index (κ3) is 6.35. The van der Waals surface area contributed by atoms with E-state index in [1.807, 2.05) is 30.3 Å². The van der Waals surface area contributed by atoms with Crippen LogP contribution < -0.4 is 16.4 Å². The number of aromatic nitrogens is 1. The number of phenolic OH excluding ortho intramolecular Hbond substituents is 1. The summed E-state index contributed by atoms with van der Waals surface area (Å²) in [5.74, 6) is 0.138. The molecule has 167 valence electrons. The number of aromatic hydroxyl groups is 1. The van der Waals surface area contributed by atoms with Crippen molar-refractivity contribution in [2.24, 2.45) is 5.73 Å². The number of thiazole rings is 1. The Morgan fingerprint density at radius 2 is 1.97 bits per heavy atom. The standard InChI is InChI=1S/C23H26N5O3S/c1-14(20(30)22-27-18-10-9-16(29)13-19(18)32-22)6-5-11-26-23(25)28-21(31)17(24)12-15-7-3-2-4-8-15/h2-4,7-10,13,17,29H,5-6,11-12,24H2,1H3,(H3,25,26,28,31)/t17-/m1/s1. The molecule has 0 aliphatic carbocycles. The number of nitrogens with zero attached hydrogens (tertiary/aromatic N) is 1. The minimum atomic E-state index is -0.747. The van der Waals surface area contributed by atoms with Gasteiger partial charge in [-0.15, -0.1) is 11.3 Å². The number of rotatable bonds is 9. The number of guanidine groups is 1. The van der Waals surface area contributed by atoms with Crippen LogP contribution >= 0.6 is 11.3 Å². The third-order valence-corrected chi connectivity index (χ3v) is 5.88. The van der Waals surface area contributed by atoms with Crippen LogP contribution in [0.5, 0.6) is 5.75 Å². The number of nitrogens with two attached hydrogens (primary N) is 1. The normalized spacial score (nSPS) is 12.0. The van der Waals surface area contributed by atoms with Crippen LogP contribution in [-0.4, -0.2) is 40.3 Å². The van der Waals surface area contributed by atoms with Crippen LogP contribution in [0, 0.1) is 11.3 Å². The van der Waals surface area contributed by atoms with Gasteiger partial charge in [0.1, 0.15) is 5.75 Å². The molecule has 1 heterocycles. The minimum absolute atomic E-state index is 0.117. The van der Waals surface area contributed by atoms with Crippen LogP contribution in [0.3, 0.4) is 0 Å². The van der Waals surface area contributed by atoms with Crippen molar-refractivity contribution >= 4 is 39.2 Å². The maximum atomic E-state index is 12.6. The molecular weight excluding hydrogens is 426 g/mol. The van der Waals surface area contributed by atoms with Gasteiger partial charge in [0.15, 0.2) is 16.8 Å². The van der Waals surface area contributed by atoms with Crippen LogP contribution in [0.15, 0.2) is 48.5 Å². The maximum Gasteiger partial charge on any atom is 0.243 e. The molecule has 8 nitrogen and oxygen atoms in total. The van der Waals surface area contributed by atoms with E-state index in [-0.39, 0.29) is 17.5 Å². The Bertz CT molecular complexity index is 1100. The van der Waals surface area contributed by atoms with Gasteiger partial charge in [0.25, 0.3) is 0 Å². The van der Waals surface area contributed by atoms with Gasteiger partial charge in [-0.3, -0.25) is 20.3 Å². The van der Waals surface area contributed by atoms with Crippen molar-refractivity contribution in [3.63, 3.8) is 0 Å². The molecule has 0 aliphatic heterocycles. The quantitative estimate of drug-likeness (QED) is 0.146. The van der Waals surface area contributed by atoms with Gasteiger partial charge >= 0.3 is 0 Å². The van der Waals surface area contributed by atoms with E-state index in [1.54, 1.807) is 25.1 Å². The first-order chi connectivity index (χ1) is 15.3. The highest BCUT2D eigenvalue weighted by atomic mass is 32.1. The van der Waals surface area contributed by atoms with Crippen LogP contribution in [0.4, 0.5) is 0 Å². The van der Waals surface area contributed by atoms with Gasteiger partial charge < -0.3 is 16.2 Å². The summed E-state index contributed by atoms with van der Waals surface area (Å²) >= 11 is 1.25. The fraction of sp³-hybridized carbons (Fsp3) is 0.261. The molecule has 0 unspecified atom stereocenters. The molecular formula is C23H26N5O3S. The molecule has 2 aromatic carbocycles. The molecule has 3 rings (SSSR count). The molecule has 0 bridgehead atoms. The Hall–Kier alpha value is -3.30. The van der Waals surface area contributed by atoms with Gasteiger partial charge in [-0.1, -0.05) is 37.3 Å². The lowest BCUT2D eigenvalue weighted by Crippen LogP contribution is -2.48. The minimum Gasteiger partial charge on any atom is -0.508 e. The summed E-state index contributed by atoms with van der Waals surface area (Å²) < 4.78 is 0.762. The van der Waals surface area contributed by atoms with E-state index in [4.69, 9.17) is 11.1 Å². The fourth-order valence-electron chi connectivity index (χ4n) is 3.09. The molecule has 1 radical (unpaired) electrons. The predicted octanol–water partition coefficient (Wildman–Crippen LogP) is 2.77. The van der Waals surface area contributed by atoms with Crippen molar-refractivity contribution in [2.75, 3.05) is 6.54 Å². The van der Waals surface area contributed by atoms with E-state index < -0.39 is 11.9 Å². The van der Waals surface area contributed by atoms with Gasteiger partial charge in [-0.2, -0.15) is 0 Å². The summed E-state index contributed by atoms with van der Waals surface area (Å²) in [7, 11) is 0. The second-order valence-electron chi connectivity index (χ2n) is 7.47. The second-order valence-corrected chi connectivity index (χ2v) is 8.50. The number of benzene rings is 2. The molecule has 1 atom stereocenters. The van der Waals surface area contributed by atoms with E-state index in [0.29, 0.717) is 42.2 Å². The average Bonchev–Trinajstić information content (AvgIpc) is 3.19. The Morgan fingerprint density at radius 3 is 2.72 bits per heavy atom. The highest BCUT2D eigenvalue weighted by Crippen LogP contribution is 2.28. The zero-order chi connectivity index (χ0) is 23.1. The number of carbonyl (C=O) groups is 2. The average molecular weight is 453 g/mol. The van der Waals surface area contributed by atoms with E-state index in [9.17, 15) is 14.7 Å². The number of hydrogen-bond acceptors (Lipinski definition) is 7. The predicted molar refractivity (Wildman–Crippen MR) is 126 cm³/mol. The molecule has 0 saturated heterocycles. The Morgan fingerprint density at radius 1 is 1.22 bits per heavy atom. The fourth-order valence-corrected chi connectivity index (χ4v) is 4.11. The summed E-state index contributed by atoms with van der Waals surface area (Å²) in [5, 5.41) is 23.1. The smallest absolute Gasteiger partial charge is 0.243 e. The summed E-state index contributed by atoms with van der Waals surface area (Å²) in [4.78, 5) is 29.1. The Labute approximate surface area is 190 Å². The molecule has 3 aromatic rings. The first kappa shape index (κ1) is 23.4. The lowest BCUT2D eigenvalue weighted by atomic mass is 10.0. The summed E-state index contributed by atoms with van der Waals surface area (Å²) in [5.41, 5.74) is 7.56. The molecule has 0 saturated carbocycles. The number of phenols is 1. The van der Waals surface area contributed by atoms with Gasteiger partial charge in [0.2, 0.25) is 5.91 Å². The van der Waals surface area contributed by atoms with E-state index in [2.05, 4.69) is 15.6 Å². The van der Waals surface area contributed by atoms with Gasteiger partial charge in [0.05, 0.1) is 16.3 Å². The number of Topliss-reactive ketones (excluding diaryl/α,β-unsaturated/α-hetero) is 1. The highest BCUT2D eigenvalue weighted by Gasteiger charge is 2.20. The first-order valence-electron chi connectivity index (χ1n) is 10.2. The Balaban J connectivity index is 1.38. The summed E-state index contributed by atoms with van der Waals surface area (Å²) in [6.45, 7) is 2.19. The van der Waals surface area contributed by atoms with Crippen molar-refractivity contribution in [3.8, 4) is 5.75 Å². The molecule has 32 heavy (non-hydrogen) atoms. The van der Waals surface area contributed by atoms with E-state index in [1.165, 1.54) is 11.3 Å². The number of carbonyl (C=O) groups excluding carboxylic acids is 2. The number of nitrogens with one attached hydrogen (secondary N) is 3. The molecule has 1 aromatic heterocycles. The SMILES string of the molecule is C[C](CCCNC(=N)NC(=O)[C@H](N)Cc1ccccc1)C(=O)c1nc2ccc(O)cc2s1. The highest BCUT2D eigenvalue weighted by molar-refractivity contribution is 7.20. The number of amides is 1. The lowest BCUT2D eigenvalue weighted by Gasteiger charge is -2.14. The molecule has 6 N–H and O–H groups in total. The lowest BCUT2D eigenvalue weighted by molar-refractivity contribution is -0.121. The first-order valence-corrected chi connectivity index (χ1v) is 11.0. The van der Waals surface area contributed by atoms with Gasteiger partial charge in [-0.25, -0.2) is 4.98 Å². The topological polar surface area (TPSA) is 141 Å². The van der Waals surface area contributed by atoms with Crippen molar-refractivity contribution in [1.29, 1.82) is 5.41 Å². The second kappa shape index (κ2) is 10.8. The summed E-state index contributed by atoms with van der Waals surface area (Å²) in [6, 6.07) is 13.5. The third-order valence-electron chi connectivity index (χ3n) is 4.87. The number of ketones is 1. The zero-order valence-electron chi connectivity index (χ0n) is 17.7. The van der Waals surface area contributed by atoms with Gasteiger partial charge in [0, 0.05) is 12.5 Å². The number of fused-ring (bicyclic) bond motifs is 1. The van der Waals surface area contributed by atoms with Crippen molar-refractivity contribution in [3.05, 3.63) is 65.0 Å². The monoisotopic (exact) mass is 452 g/mol. The largest absolute Gasteiger partial charge is 0.508 e. The Kier molecular flexibility index (Phi) is 7.91. The molecule has 0 fully saturated rings. The summed E-state index contributed by atoms with van der Waals surface area (Å²) in [6.07, 6.45) is 1.53. The van der Waals surface area contributed by atoms with Crippen LogP contribution in [0.2, 0.25) is 0 Å².